The van der Waals surface area contributed by atoms with Crippen LogP contribution >= 0.6 is 9.03 Å². The number of rotatable bonds is 6. The number of hydrogen-bond donors (Lipinski definition) is 1. The molecule has 0 fully saturated rings. The zero-order valence-corrected chi connectivity index (χ0v) is 8.33. The van der Waals surface area contributed by atoms with E-state index in [9.17, 15) is 0 Å². The van der Waals surface area contributed by atoms with Gasteiger partial charge < -0.3 is 14.2 Å². The van der Waals surface area contributed by atoms with Gasteiger partial charge in [-0.1, -0.05) is 6.92 Å². The van der Waals surface area contributed by atoms with E-state index in [0.29, 0.717) is 6.61 Å². The van der Waals surface area contributed by atoms with E-state index >= 15 is 0 Å². The van der Waals surface area contributed by atoms with Gasteiger partial charge in [0.15, 0.2) is 9.03 Å². The van der Waals surface area contributed by atoms with Crippen molar-refractivity contribution in [1.29, 1.82) is 0 Å². The number of ether oxygens (including phenoxy) is 1. The summed E-state index contributed by atoms with van der Waals surface area (Å²) in [5.41, 5.74) is 0. The lowest BCUT2D eigenvalue weighted by Crippen LogP contribution is -2.21. The molecule has 3 nitrogen and oxygen atoms in total. The summed E-state index contributed by atoms with van der Waals surface area (Å²) >= 11 is 0. The fourth-order valence-corrected chi connectivity index (χ4v) is 1.03. The molecule has 0 saturated heterocycles. The summed E-state index contributed by atoms with van der Waals surface area (Å²) in [7, 11) is -0.430. The second-order valence-corrected chi connectivity index (χ2v) is 3.09. The molecular weight excluding hydrogens is 163 g/mol. The summed E-state index contributed by atoms with van der Waals surface area (Å²) in [6, 6.07) is 0. The zero-order valence-electron chi connectivity index (χ0n) is 7.33. The van der Waals surface area contributed by atoms with E-state index in [4.69, 9.17) is 14.2 Å². The van der Waals surface area contributed by atoms with E-state index in [1.54, 1.807) is 0 Å². The van der Waals surface area contributed by atoms with E-state index in [0.717, 1.165) is 6.42 Å². The molecule has 2 atom stereocenters. The van der Waals surface area contributed by atoms with Gasteiger partial charge in [-0.2, -0.15) is 0 Å². The largest absolute Gasteiger partial charge is 0.373 e. The van der Waals surface area contributed by atoms with E-state index < -0.39 is 9.03 Å². The Hall–Kier alpha value is 0.310. The highest BCUT2D eigenvalue weighted by atomic mass is 31.1. The van der Waals surface area contributed by atoms with Gasteiger partial charge in [0.25, 0.3) is 0 Å². The van der Waals surface area contributed by atoms with Crippen LogP contribution in [0.5, 0.6) is 0 Å². The predicted octanol–water partition coefficient (Wildman–Crippen LogP) is 1.71. The standard InChI is InChI=1S/C7H17O3P/c1-4-7(5-9-11-8)10-6(2)3/h6-8,11H,4-5H2,1-3H3. The summed E-state index contributed by atoms with van der Waals surface area (Å²) in [5.74, 6) is 0. The topological polar surface area (TPSA) is 38.7 Å². The molecule has 11 heavy (non-hydrogen) atoms. The first kappa shape index (κ1) is 11.3. The lowest BCUT2D eigenvalue weighted by molar-refractivity contribution is -0.0174. The van der Waals surface area contributed by atoms with Gasteiger partial charge in [0.2, 0.25) is 0 Å². The van der Waals surface area contributed by atoms with Crippen LogP contribution in [0.1, 0.15) is 27.2 Å². The Morgan fingerprint density at radius 3 is 2.45 bits per heavy atom. The van der Waals surface area contributed by atoms with Crippen molar-refractivity contribution in [3.63, 3.8) is 0 Å². The van der Waals surface area contributed by atoms with Crippen molar-refractivity contribution < 1.29 is 14.2 Å². The molecule has 0 amide bonds. The van der Waals surface area contributed by atoms with Gasteiger partial charge in [0.1, 0.15) is 0 Å². The van der Waals surface area contributed by atoms with Gasteiger partial charge in [0, 0.05) is 0 Å². The van der Waals surface area contributed by atoms with Gasteiger partial charge in [-0.25, -0.2) is 0 Å². The molecule has 68 valence electrons. The van der Waals surface area contributed by atoms with Crippen molar-refractivity contribution >= 4 is 9.03 Å². The van der Waals surface area contributed by atoms with Gasteiger partial charge in [0.05, 0.1) is 18.8 Å². The smallest absolute Gasteiger partial charge is 0.152 e. The van der Waals surface area contributed by atoms with Crippen LogP contribution in [-0.4, -0.2) is 23.7 Å². The van der Waals surface area contributed by atoms with E-state index in [1.165, 1.54) is 0 Å². The Kier molecular flexibility index (Phi) is 7.18. The molecule has 0 aromatic rings. The lowest BCUT2D eigenvalue weighted by Gasteiger charge is -2.17. The van der Waals surface area contributed by atoms with Crippen molar-refractivity contribution in [2.75, 3.05) is 6.61 Å². The Morgan fingerprint density at radius 1 is 1.45 bits per heavy atom. The first-order chi connectivity index (χ1) is 5.20. The fraction of sp³-hybridized carbons (Fsp3) is 1.00. The van der Waals surface area contributed by atoms with Crippen molar-refractivity contribution in [3.05, 3.63) is 0 Å². The highest BCUT2D eigenvalue weighted by Crippen LogP contribution is 2.09. The van der Waals surface area contributed by atoms with Gasteiger partial charge in [-0.3, -0.25) is 0 Å². The normalized spacial score (nSPS) is 15.0. The second-order valence-electron chi connectivity index (χ2n) is 2.62. The molecule has 2 unspecified atom stereocenters. The maximum absolute atomic E-state index is 8.39. The van der Waals surface area contributed by atoms with E-state index in [-0.39, 0.29) is 12.2 Å². The van der Waals surface area contributed by atoms with Gasteiger partial charge in [-0.15, -0.1) is 0 Å². The molecule has 0 saturated carbocycles. The van der Waals surface area contributed by atoms with Crippen molar-refractivity contribution in [1.82, 2.24) is 0 Å². The molecule has 0 aliphatic rings. The van der Waals surface area contributed by atoms with Crippen LogP contribution < -0.4 is 0 Å². The summed E-state index contributed by atoms with van der Waals surface area (Å²) in [6.07, 6.45) is 1.27. The Morgan fingerprint density at radius 2 is 2.09 bits per heavy atom. The molecule has 0 aliphatic carbocycles. The molecule has 0 radical (unpaired) electrons. The third-order valence-electron chi connectivity index (χ3n) is 1.25. The SMILES string of the molecule is CCC(COPO)OC(C)C. The van der Waals surface area contributed by atoms with Crippen LogP contribution in [0.25, 0.3) is 0 Å². The predicted molar refractivity (Wildman–Crippen MR) is 46.8 cm³/mol. The molecule has 0 aromatic carbocycles. The zero-order chi connectivity index (χ0) is 8.69. The van der Waals surface area contributed by atoms with Crippen LogP contribution in [0, 0.1) is 0 Å². The highest BCUT2D eigenvalue weighted by molar-refractivity contribution is 7.24. The third kappa shape index (κ3) is 6.70. The van der Waals surface area contributed by atoms with Crippen molar-refractivity contribution in [3.8, 4) is 0 Å². The molecule has 0 aliphatic heterocycles. The number of hydrogen-bond acceptors (Lipinski definition) is 3. The second kappa shape index (κ2) is 6.99. The van der Waals surface area contributed by atoms with Crippen LogP contribution in [0.4, 0.5) is 0 Å². The van der Waals surface area contributed by atoms with Crippen molar-refractivity contribution in [2.24, 2.45) is 0 Å². The van der Waals surface area contributed by atoms with Gasteiger partial charge in [-0.05, 0) is 20.3 Å². The van der Waals surface area contributed by atoms with E-state index in [2.05, 4.69) is 0 Å². The molecule has 4 heteroatoms. The maximum Gasteiger partial charge on any atom is 0.152 e. The minimum absolute atomic E-state index is 0.120. The molecule has 0 bridgehead atoms. The highest BCUT2D eigenvalue weighted by Gasteiger charge is 2.07. The van der Waals surface area contributed by atoms with E-state index in [1.807, 2.05) is 20.8 Å². The summed E-state index contributed by atoms with van der Waals surface area (Å²) < 4.78 is 10.3. The van der Waals surface area contributed by atoms with Crippen LogP contribution in [0.2, 0.25) is 0 Å². The molecule has 0 spiro atoms. The Balaban J connectivity index is 3.41. The minimum atomic E-state index is -0.430. The van der Waals surface area contributed by atoms with Crippen LogP contribution in [-0.2, 0) is 9.26 Å². The lowest BCUT2D eigenvalue weighted by atomic mass is 10.3. The Labute approximate surface area is 70.0 Å². The quantitative estimate of drug-likeness (QED) is 0.632. The first-order valence-electron chi connectivity index (χ1n) is 3.87. The molecular formula is C7H17O3P. The van der Waals surface area contributed by atoms with Crippen LogP contribution in [0.3, 0.4) is 0 Å². The third-order valence-corrected chi connectivity index (χ3v) is 1.55. The molecule has 0 rings (SSSR count). The van der Waals surface area contributed by atoms with Crippen LogP contribution in [0.15, 0.2) is 0 Å². The summed E-state index contributed by atoms with van der Waals surface area (Å²) in [4.78, 5) is 8.39. The summed E-state index contributed by atoms with van der Waals surface area (Å²) in [5, 5.41) is 0. The molecule has 0 heterocycles. The Bertz CT molecular complexity index is 87.8. The maximum atomic E-state index is 8.39. The molecule has 0 aromatic heterocycles. The first-order valence-corrected chi connectivity index (χ1v) is 4.72. The fourth-order valence-electron chi connectivity index (χ4n) is 0.768. The summed E-state index contributed by atoms with van der Waals surface area (Å²) in [6.45, 7) is 6.51. The van der Waals surface area contributed by atoms with Gasteiger partial charge >= 0.3 is 0 Å². The monoisotopic (exact) mass is 180 g/mol. The minimum Gasteiger partial charge on any atom is -0.373 e. The average Bonchev–Trinajstić information content (AvgIpc) is 1.97. The molecule has 1 N–H and O–H groups in total. The van der Waals surface area contributed by atoms with Crippen molar-refractivity contribution in [2.45, 2.75) is 39.4 Å². The average molecular weight is 180 g/mol.